The van der Waals surface area contributed by atoms with Crippen LogP contribution in [0.3, 0.4) is 0 Å². The van der Waals surface area contributed by atoms with Gasteiger partial charge in [0.15, 0.2) is 0 Å². The molecule has 1 aliphatic rings. The molecule has 0 aromatic carbocycles. The Kier molecular flexibility index (Phi) is 4.97. The lowest BCUT2D eigenvalue weighted by Gasteiger charge is -1.79. The van der Waals surface area contributed by atoms with E-state index in [2.05, 4.69) is 12.2 Å². The Morgan fingerprint density at radius 1 is 1.62 bits per heavy atom. The van der Waals surface area contributed by atoms with E-state index in [4.69, 9.17) is 0 Å². The molecule has 0 spiro atoms. The van der Waals surface area contributed by atoms with E-state index in [0.717, 1.165) is 5.88 Å². The highest BCUT2D eigenvalue weighted by Crippen LogP contribution is 2.15. The van der Waals surface area contributed by atoms with Crippen LogP contribution >= 0.6 is 11.8 Å². The number of rotatable bonds is 0. The summed E-state index contributed by atoms with van der Waals surface area (Å²) in [5, 5.41) is 3.07. The maximum atomic E-state index is 3.07. The Labute approximate surface area is 55.5 Å². The van der Waals surface area contributed by atoms with E-state index in [1.165, 1.54) is 4.91 Å². The molecule has 48 valence electrons. The summed E-state index contributed by atoms with van der Waals surface area (Å²) in [6.45, 7) is 6.10. The predicted molar refractivity (Wildman–Crippen MR) is 40.7 cm³/mol. The van der Waals surface area contributed by atoms with E-state index in [1.807, 2.05) is 31.8 Å². The minimum Gasteiger partial charge on any atom is -0.381 e. The van der Waals surface area contributed by atoms with Gasteiger partial charge < -0.3 is 5.32 Å². The van der Waals surface area contributed by atoms with Gasteiger partial charge in [0, 0.05) is 6.20 Å². The first-order valence-electron chi connectivity index (χ1n) is 2.92. The fourth-order valence-corrected chi connectivity index (χ4v) is 0.944. The molecule has 1 aliphatic heterocycles. The second-order valence-corrected chi connectivity index (χ2v) is 2.47. The zero-order valence-electron chi connectivity index (χ0n) is 5.69. The topological polar surface area (TPSA) is 12.0 Å². The van der Waals surface area contributed by atoms with Gasteiger partial charge in [-0.15, -0.1) is 11.8 Å². The van der Waals surface area contributed by atoms with Crippen LogP contribution in [0.25, 0.3) is 0 Å². The zero-order chi connectivity index (χ0) is 6.41. The molecule has 0 atom stereocenters. The summed E-state index contributed by atoms with van der Waals surface area (Å²) in [7, 11) is 0. The molecule has 1 rings (SSSR count). The van der Waals surface area contributed by atoms with Gasteiger partial charge in [-0.2, -0.15) is 0 Å². The Balaban J connectivity index is 0.000000222. The summed E-state index contributed by atoms with van der Waals surface area (Å²) in [6, 6.07) is 0. The minimum atomic E-state index is 1.06. The zero-order valence-corrected chi connectivity index (χ0v) is 6.51. The molecular formula is C6H13NS. The maximum Gasteiger partial charge on any atom is 0.0649 e. The molecule has 0 unspecified atom stereocenters. The molecule has 0 aliphatic carbocycles. The average molecular weight is 131 g/mol. The molecule has 0 aromatic heterocycles. The molecule has 0 radical (unpaired) electrons. The molecule has 1 N–H and O–H groups in total. The first-order valence-corrected chi connectivity index (χ1v) is 3.91. The van der Waals surface area contributed by atoms with E-state index in [-0.39, 0.29) is 0 Å². The maximum absolute atomic E-state index is 3.07. The van der Waals surface area contributed by atoms with Crippen LogP contribution in [0, 0.1) is 0 Å². The smallest absolute Gasteiger partial charge is 0.0649 e. The number of nitrogens with one attached hydrogen (secondary N) is 1. The third-order valence-electron chi connectivity index (χ3n) is 0.688. The van der Waals surface area contributed by atoms with Crippen molar-refractivity contribution in [3.05, 3.63) is 11.1 Å². The van der Waals surface area contributed by atoms with Crippen molar-refractivity contribution in [2.24, 2.45) is 0 Å². The molecule has 0 saturated carbocycles. The van der Waals surface area contributed by atoms with Crippen molar-refractivity contribution in [3.8, 4) is 0 Å². The lowest BCUT2D eigenvalue weighted by molar-refractivity contribution is 1.08. The quantitative estimate of drug-likeness (QED) is 0.540. The second-order valence-electron chi connectivity index (χ2n) is 1.25. The van der Waals surface area contributed by atoms with E-state index in [9.17, 15) is 0 Å². The molecule has 0 amide bonds. The normalized spacial score (nSPS) is 15.6. The lowest BCUT2D eigenvalue weighted by Crippen LogP contribution is -1.93. The molecular weight excluding hydrogens is 118 g/mol. The number of hydrogen-bond acceptors (Lipinski definition) is 2. The highest BCUT2D eigenvalue weighted by Gasteiger charge is 1.93. The SMILES string of the molecule is CC.CC1=CNCS1. The Morgan fingerprint density at radius 2 is 2.25 bits per heavy atom. The summed E-state index contributed by atoms with van der Waals surface area (Å²) in [5.74, 6) is 1.06. The Hall–Kier alpha value is -0.110. The van der Waals surface area contributed by atoms with Crippen molar-refractivity contribution in [2.45, 2.75) is 20.8 Å². The third kappa shape index (κ3) is 2.97. The highest BCUT2D eigenvalue weighted by atomic mass is 32.2. The Morgan fingerprint density at radius 3 is 2.38 bits per heavy atom. The van der Waals surface area contributed by atoms with Gasteiger partial charge in [-0.05, 0) is 11.8 Å². The van der Waals surface area contributed by atoms with Gasteiger partial charge >= 0.3 is 0 Å². The van der Waals surface area contributed by atoms with Gasteiger partial charge in [0.2, 0.25) is 0 Å². The van der Waals surface area contributed by atoms with Crippen LogP contribution in [0.5, 0.6) is 0 Å². The van der Waals surface area contributed by atoms with Crippen LogP contribution in [0.2, 0.25) is 0 Å². The molecule has 0 bridgehead atoms. The Bertz CT molecular complexity index is 78.6. The van der Waals surface area contributed by atoms with Crippen molar-refractivity contribution in [1.82, 2.24) is 5.32 Å². The van der Waals surface area contributed by atoms with Crippen molar-refractivity contribution >= 4 is 11.8 Å². The monoisotopic (exact) mass is 131 g/mol. The van der Waals surface area contributed by atoms with Gasteiger partial charge in [0.1, 0.15) is 0 Å². The first-order chi connectivity index (χ1) is 3.89. The second kappa shape index (κ2) is 5.04. The molecule has 2 heteroatoms. The van der Waals surface area contributed by atoms with Gasteiger partial charge in [0.25, 0.3) is 0 Å². The first kappa shape index (κ1) is 7.89. The predicted octanol–water partition coefficient (Wildman–Crippen LogP) is 2.17. The highest BCUT2D eigenvalue weighted by molar-refractivity contribution is 8.03. The number of allylic oxidation sites excluding steroid dienone is 1. The van der Waals surface area contributed by atoms with Crippen LogP contribution in [-0.2, 0) is 0 Å². The van der Waals surface area contributed by atoms with Gasteiger partial charge in [-0.1, -0.05) is 13.8 Å². The molecule has 0 aromatic rings. The van der Waals surface area contributed by atoms with Crippen molar-refractivity contribution in [1.29, 1.82) is 0 Å². The fraction of sp³-hybridized carbons (Fsp3) is 0.667. The molecule has 1 heterocycles. The standard InChI is InChI=1S/C4H7NS.C2H6/c1-4-2-5-3-6-4;1-2/h2,5H,3H2,1H3;1-2H3. The van der Waals surface area contributed by atoms with Gasteiger partial charge in [-0.25, -0.2) is 0 Å². The molecule has 0 fully saturated rings. The van der Waals surface area contributed by atoms with Crippen molar-refractivity contribution in [2.75, 3.05) is 5.88 Å². The largest absolute Gasteiger partial charge is 0.381 e. The van der Waals surface area contributed by atoms with Crippen LogP contribution in [-0.4, -0.2) is 5.88 Å². The fourth-order valence-electron chi connectivity index (χ4n) is 0.383. The van der Waals surface area contributed by atoms with Crippen LogP contribution in [0.1, 0.15) is 20.8 Å². The summed E-state index contributed by atoms with van der Waals surface area (Å²) in [4.78, 5) is 1.38. The summed E-state index contributed by atoms with van der Waals surface area (Å²) < 4.78 is 0. The molecule has 1 nitrogen and oxygen atoms in total. The van der Waals surface area contributed by atoms with Crippen molar-refractivity contribution in [3.63, 3.8) is 0 Å². The van der Waals surface area contributed by atoms with Crippen LogP contribution in [0.4, 0.5) is 0 Å². The van der Waals surface area contributed by atoms with Gasteiger partial charge in [0.05, 0.1) is 5.88 Å². The lowest BCUT2D eigenvalue weighted by atomic mass is 10.7. The number of thioether (sulfide) groups is 1. The van der Waals surface area contributed by atoms with Gasteiger partial charge in [-0.3, -0.25) is 0 Å². The average Bonchev–Trinajstić information content (AvgIpc) is 2.24. The summed E-state index contributed by atoms with van der Waals surface area (Å²) in [6.07, 6.45) is 2.03. The number of hydrogen-bond donors (Lipinski definition) is 1. The van der Waals surface area contributed by atoms with Crippen molar-refractivity contribution < 1.29 is 0 Å². The summed E-state index contributed by atoms with van der Waals surface area (Å²) >= 11 is 1.85. The minimum absolute atomic E-state index is 1.06. The van der Waals surface area contributed by atoms with E-state index in [0.29, 0.717) is 0 Å². The molecule has 0 saturated heterocycles. The van der Waals surface area contributed by atoms with Crippen LogP contribution in [0.15, 0.2) is 11.1 Å². The van der Waals surface area contributed by atoms with Crippen LogP contribution < -0.4 is 5.32 Å². The summed E-state index contributed by atoms with van der Waals surface area (Å²) in [5.41, 5.74) is 0. The van der Waals surface area contributed by atoms with E-state index in [1.54, 1.807) is 0 Å². The third-order valence-corrected chi connectivity index (χ3v) is 1.57. The van der Waals surface area contributed by atoms with E-state index >= 15 is 0 Å². The van der Waals surface area contributed by atoms with E-state index < -0.39 is 0 Å². The molecule has 8 heavy (non-hydrogen) atoms.